The van der Waals surface area contributed by atoms with Gasteiger partial charge in [-0.05, 0) is 48.7 Å². The average molecular weight is 368 g/mol. The van der Waals surface area contributed by atoms with Crippen molar-refractivity contribution in [3.8, 4) is 0 Å². The topological polar surface area (TPSA) is 64.1 Å². The van der Waals surface area contributed by atoms with Crippen molar-refractivity contribution in [2.45, 2.75) is 25.0 Å². The first-order chi connectivity index (χ1) is 12.7. The van der Waals surface area contributed by atoms with Crippen LogP contribution in [0.1, 0.15) is 34.9 Å². The number of hydrogen-bond donors (Lipinski definition) is 1. The zero-order valence-electron chi connectivity index (χ0n) is 14.1. The van der Waals surface area contributed by atoms with E-state index in [1.54, 1.807) is 36.8 Å². The minimum absolute atomic E-state index is 0.0963. The van der Waals surface area contributed by atoms with Gasteiger partial charge in [0.2, 0.25) is 0 Å². The van der Waals surface area contributed by atoms with Crippen molar-refractivity contribution in [3.05, 3.63) is 71.1 Å². The fourth-order valence-corrected chi connectivity index (χ4v) is 3.61. The van der Waals surface area contributed by atoms with Crippen LogP contribution in [0.2, 0.25) is 5.02 Å². The number of ether oxygens (including phenoxy) is 1. The molecule has 0 unspecified atom stereocenters. The van der Waals surface area contributed by atoms with E-state index in [0.29, 0.717) is 22.7 Å². The molecule has 0 radical (unpaired) electrons. The van der Waals surface area contributed by atoms with Crippen molar-refractivity contribution in [3.63, 3.8) is 0 Å². The lowest BCUT2D eigenvalue weighted by atomic mass is 9.96. The van der Waals surface area contributed by atoms with Gasteiger partial charge < -0.3 is 10.1 Å². The predicted octanol–water partition coefficient (Wildman–Crippen LogP) is 3.93. The van der Waals surface area contributed by atoms with Crippen LogP contribution in [0.5, 0.6) is 0 Å². The van der Waals surface area contributed by atoms with Gasteiger partial charge in [-0.25, -0.2) is 0 Å². The maximum atomic E-state index is 13.0. The van der Waals surface area contributed by atoms with Crippen LogP contribution in [0.4, 0.5) is 0 Å². The normalized spacial score (nSPS) is 20.0. The van der Waals surface area contributed by atoms with Gasteiger partial charge in [0.25, 0.3) is 5.91 Å². The molecule has 2 atom stereocenters. The van der Waals surface area contributed by atoms with Crippen LogP contribution < -0.4 is 5.32 Å². The maximum absolute atomic E-state index is 13.0. The van der Waals surface area contributed by atoms with E-state index in [9.17, 15) is 4.79 Å². The van der Waals surface area contributed by atoms with Crippen LogP contribution in [0.25, 0.3) is 10.9 Å². The lowest BCUT2D eigenvalue weighted by Gasteiger charge is -2.32. The molecule has 2 aromatic heterocycles. The second kappa shape index (κ2) is 7.40. The maximum Gasteiger partial charge on any atom is 0.252 e. The Labute approximate surface area is 156 Å². The monoisotopic (exact) mass is 367 g/mol. The molecule has 4 rings (SSSR count). The van der Waals surface area contributed by atoms with Gasteiger partial charge in [0.1, 0.15) is 6.10 Å². The molecule has 1 aliphatic heterocycles. The lowest BCUT2D eigenvalue weighted by Crippen LogP contribution is -2.42. The molecule has 3 aromatic rings. The Morgan fingerprint density at radius 2 is 2.00 bits per heavy atom. The fraction of sp³-hybridized carbons (Fsp3) is 0.250. The molecule has 1 amide bonds. The summed E-state index contributed by atoms with van der Waals surface area (Å²) in [7, 11) is 0. The summed E-state index contributed by atoms with van der Waals surface area (Å²) in [6.45, 7) is 0.688. The zero-order valence-corrected chi connectivity index (χ0v) is 14.8. The molecule has 0 bridgehead atoms. The first kappa shape index (κ1) is 16.9. The molecule has 132 valence electrons. The molecule has 26 heavy (non-hydrogen) atoms. The van der Waals surface area contributed by atoms with Gasteiger partial charge >= 0.3 is 0 Å². The number of rotatable bonds is 3. The molecule has 6 heteroatoms. The van der Waals surface area contributed by atoms with Gasteiger partial charge in [-0.15, -0.1) is 0 Å². The van der Waals surface area contributed by atoms with Crippen molar-refractivity contribution in [1.29, 1.82) is 0 Å². The van der Waals surface area contributed by atoms with Crippen LogP contribution in [0.3, 0.4) is 0 Å². The number of hydrogen-bond acceptors (Lipinski definition) is 4. The SMILES string of the molecule is O=C(N[C@H]1CCCO[C@@H]1c1ccncc1)c1ccc(Cl)c2ncccc12. The summed E-state index contributed by atoms with van der Waals surface area (Å²) in [5.41, 5.74) is 2.22. The first-order valence-electron chi connectivity index (χ1n) is 8.59. The highest BCUT2D eigenvalue weighted by Crippen LogP contribution is 2.29. The quantitative estimate of drug-likeness (QED) is 0.761. The van der Waals surface area contributed by atoms with E-state index >= 15 is 0 Å². The first-order valence-corrected chi connectivity index (χ1v) is 8.97. The molecule has 1 fully saturated rings. The molecule has 0 spiro atoms. The van der Waals surface area contributed by atoms with Gasteiger partial charge in [-0.1, -0.05) is 17.7 Å². The fourth-order valence-electron chi connectivity index (χ4n) is 3.39. The van der Waals surface area contributed by atoms with Crippen LogP contribution in [-0.4, -0.2) is 28.5 Å². The Hall–Kier alpha value is -2.50. The second-order valence-electron chi connectivity index (χ2n) is 6.29. The number of benzene rings is 1. The molecule has 0 saturated carbocycles. The number of nitrogens with one attached hydrogen (secondary N) is 1. The third kappa shape index (κ3) is 3.28. The van der Waals surface area contributed by atoms with E-state index in [4.69, 9.17) is 16.3 Å². The molecule has 1 N–H and O–H groups in total. The van der Waals surface area contributed by atoms with Crippen molar-refractivity contribution in [1.82, 2.24) is 15.3 Å². The van der Waals surface area contributed by atoms with Crippen molar-refractivity contribution in [2.75, 3.05) is 6.61 Å². The number of carbonyl (C=O) groups is 1. The third-order valence-electron chi connectivity index (χ3n) is 4.64. The van der Waals surface area contributed by atoms with E-state index in [2.05, 4.69) is 15.3 Å². The summed E-state index contributed by atoms with van der Waals surface area (Å²) >= 11 is 6.21. The number of halogens is 1. The van der Waals surface area contributed by atoms with Crippen LogP contribution >= 0.6 is 11.6 Å². The number of amides is 1. The van der Waals surface area contributed by atoms with E-state index in [1.807, 2.05) is 18.2 Å². The van der Waals surface area contributed by atoms with Crippen LogP contribution in [0, 0.1) is 0 Å². The lowest BCUT2D eigenvalue weighted by molar-refractivity contribution is -0.00948. The smallest absolute Gasteiger partial charge is 0.252 e. The summed E-state index contributed by atoms with van der Waals surface area (Å²) in [4.78, 5) is 21.3. The number of fused-ring (bicyclic) bond motifs is 1. The van der Waals surface area contributed by atoms with E-state index < -0.39 is 0 Å². The molecule has 1 aliphatic rings. The minimum atomic E-state index is -0.174. The highest BCUT2D eigenvalue weighted by atomic mass is 35.5. The molecule has 1 aromatic carbocycles. The highest BCUT2D eigenvalue weighted by molar-refractivity contribution is 6.35. The van der Waals surface area contributed by atoms with E-state index in [1.165, 1.54) is 0 Å². The van der Waals surface area contributed by atoms with Gasteiger partial charge in [-0.3, -0.25) is 14.8 Å². The Morgan fingerprint density at radius 3 is 2.85 bits per heavy atom. The van der Waals surface area contributed by atoms with Crippen molar-refractivity contribution in [2.24, 2.45) is 0 Å². The summed E-state index contributed by atoms with van der Waals surface area (Å²) in [5, 5.41) is 4.42. The number of nitrogens with zero attached hydrogens (tertiary/aromatic N) is 2. The highest BCUT2D eigenvalue weighted by Gasteiger charge is 2.29. The average Bonchev–Trinajstić information content (AvgIpc) is 2.69. The Morgan fingerprint density at radius 1 is 1.15 bits per heavy atom. The summed E-state index contributed by atoms with van der Waals surface area (Å²) in [6, 6.07) is 10.9. The number of carbonyl (C=O) groups excluding carboxylic acids is 1. The standard InChI is InChI=1S/C20H18ClN3O2/c21-16-6-5-15(14-3-1-9-23-18(14)16)20(25)24-17-4-2-12-26-19(17)13-7-10-22-11-8-13/h1,3,5-11,17,19H,2,4,12H2,(H,24,25)/t17-,19+/m0/s1. The summed E-state index contributed by atoms with van der Waals surface area (Å²) in [5.74, 6) is -0.144. The summed E-state index contributed by atoms with van der Waals surface area (Å²) < 4.78 is 5.94. The molecule has 3 heterocycles. The number of aromatic nitrogens is 2. The van der Waals surface area contributed by atoms with Gasteiger partial charge in [-0.2, -0.15) is 0 Å². The van der Waals surface area contributed by atoms with E-state index in [0.717, 1.165) is 23.8 Å². The molecular formula is C20H18ClN3O2. The Balaban J connectivity index is 1.62. The Kier molecular flexibility index (Phi) is 4.82. The molecule has 5 nitrogen and oxygen atoms in total. The van der Waals surface area contributed by atoms with Crippen LogP contribution in [0.15, 0.2) is 55.0 Å². The largest absolute Gasteiger partial charge is 0.371 e. The number of pyridine rings is 2. The molecular weight excluding hydrogens is 350 g/mol. The predicted molar refractivity (Wildman–Crippen MR) is 100 cm³/mol. The van der Waals surface area contributed by atoms with Crippen molar-refractivity contribution < 1.29 is 9.53 Å². The van der Waals surface area contributed by atoms with E-state index in [-0.39, 0.29) is 18.1 Å². The van der Waals surface area contributed by atoms with Crippen molar-refractivity contribution >= 4 is 28.4 Å². The Bertz CT molecular complexity index is 933. The van der Waals surface area contributed by atoms with Gasteiger partial charge in [0, 0.05) is 36.1 Å². The van der Waals surface area contributed by atoms with Gasteiger partial charge in [0.15, 0.2) is 0 Å². The third-order valence-corrected chi connectivity index (χ3v) is 4.94. The second-order valence-corrected chi connectivity index (χ2v) is 6.70. The summed E-state index contributed by atoms with van der Waals surface area (Å²) in [6.07, 6.45) is 6.75. The van der Waals surface area contributed by atoms with Gasteiger partial charge in [0.05, 0.1) is 16.6 Å². The minimum Gasteiger partial charge on any atom is -0.371 e. The van der Waals surface area contributed by atoms with Crippen LogP contribution in [-0.2, 0) is 4.74 Å². The zero-order chi connectivity index (χ0) is 17.9. The molecule has 0 aliphatic carbocycles. The molecule has 1 saturated heterocycles.